The number of hydrogen-bond donors (Lipinski definition) is 3. The Balaban J connectivity index is 2.68. The fourth-order valence-electron chi connectivity index (χ4n) is 1.71. The first-order valence-electron chi connectivity index (χ1n) is 3.48. The zero-order chi connectivity index (χ0) is 8.81. The van der Waals surface area contributed by atoms with Gasteiger partial charge in [-0.15, -0.1) is 0 Å². The van der Waals surface area contributed by atoms with Crippen molar-refractivity contribution in [3.8, 4) is 0 Å². The molecule has 3 N–H and O–H groups in total. The summed E-state index contributed by atoms with van der Waals surface area (Å²) in [5, 5.41) is 26.1. The standard InChI is InChI=1S/C7H12O4/c1-7(2)3(5(8)9)4(7)6(10)11/h3-5,8-9H,1-2H3,(H,10,11)/t3?,4-/m0/s1. The van der Waals surface area contributed by atoms with Crippen LogP contribution in [0.5, 0.6) is 0 Å². The van der Waals surface area contributed by atoms with Gasteiger partial charge in [-0.2, -0.15) is 0 Å². The van der Waals surface area contributed by atoms with Gasteiger partial charge in [-0.1, -0.05) is 13.8 Å². The second kappa shape index (κ2) is 2.19. The second-order valence-electron chi connectivity index (χ2n) is 3.58. The molecule has 0 bridgehead atoms. The van der Waals surface area contributed by atoms with Crippen LogP contribution in [0.15, 0.2) is 0 Å². The van der Waals surface area contributed by atoms with Crippen molar-refractivity contribution in [3.63, 3.8) is 0 Å². The molecule has 4 nitrogen and oxygen atoms in total. The number of rotatable bonds is 2. The summed E-state index contributed by atoms with van der Waals surface area (Å²) in [4.78, 5) is 10.5. The van der Waals surface area contributed by atoms with Crippen LogP contribution in [0.4, 0.5) is 0 Å². The Hall–Kier alpha value is -0.610. The van der Waals surface area contributed by atoms with E-state index in [9.17, 15) is 4.79 Å². The molecule has 0 heterocycles. The Bertz CT molecular complexity index is 185. The molecule has 0 aromatic heterocycles. The van der Waals surface area contributed by atoms with Crippen molar-refractivity contribution in [2.45, 2.75) is 20.1 Å². The van der Waals surface area contributed by atoms with Crippen molar-refractivity contribution in [1.29, 1.82) is 0 Å². The van der Waals surface area contributed by atoms with Crippen LogP contribution in [0.1, 0.15) is 13.8 Å². The van der Waals surface area contributed by atoms with Crippen molar-refractivity contribution < 1.29 is 20.1 Å². The van der Waals surface area contributed by atoms with E-state index in [0.717, 1.165) is 0 Å². The van der Waals surface area contributed by atoms with E-state index in [1.807, 2.05) is 0 Å². The zero-order valence-electron chi connectivity index (χ0n) is 6.48. The molecule has 64 valence electrons. The zero-order valence-corrected chi connectivity index (χ0v) is 6.48. The van der Waals surface area contributed by atoms with Crippen LogP contribution >= 0.6 is 0 Å². The number of carboxylic acids is 1. The molecule has 0 radical (unpaired) electrons. The molecule has 1 unspecified atom stereocenters. The van der Waals surface area contributed by atoms with Gasteiger partial charge in [0.1, 0.15) is 0 Å². The van der Waals surface area contributed by atoms with E-state index in [4.69, 9.17) is 15.3 Å². The highest BCUT2D eigenvalue weighted by Gasteiger charge is 2.65. The van der Waals surface area contributed by atoms with Gasteiger partial charge in [0.2, 0.25) is 0 Å². The topological polar surface area (TPSA) is 77.8 Å². The Morgan fingerprint density at radius 2 is 1.91 bits per heavy atom. The van der Waals surface area contributed by atoms with Gasteiger partial charge in [-0.25, -0.2) is 0 Å². The number of aliphatic hydroxyl groups excluding tert-OH is 1. The summed E-state index contributed by atoms with van der Waals surface area (Å²) in [5.74, 6) is -2.07. The molecule has 1 aliphatic rings. The summed E-state index contributed by atoms with van der Waals surface area (Å²) in [6.45, 7) is 3.44. The lowest BCUT2D eigenvalue weighted by atomic mass is 10.1. The molecule has 0 aromatic carbocycles. The molecule has 1 saturated carbocycles. The van der Waals surface area contributed by atoms with Crippen LogP contribution in [0.3, 0.4) is 0 Å². The summed E-state index contributed by atoms with van der Waals surface area (Å²) in [5.41, 5.74) is -0.472. The van der Waals surface area contributed by atoms with Crippen molar-refractivity contribution >= 4 is 5.97 Å². The van der Waals surface area contributed by atoms with E-state index >= 15 is 0 Å². The minimum atomic E-state index is -1.51. The smallest absolute Gasteiger partial charge is 0.307 e. The lowest BCUT2D eigenvalue weighted by Gasteiger charge is -2.02. The first kappa shape index (κ1) is 8.49. The average Bonchev–Trinajstić information content (AvgIpc) is 2.33. The Morgan fingerprint density at radius 3 is 2.00 bits per heavy atom. The molecule has 1 fully saturated rings. The van der Waals surface area contributed by atoms with Crippen molar-refractivity contribution in [2.75, 3.05) is 0 Å². The summed E-state index contributed by atoms with van der Waals surface area (Å²) in [7, 11) is 0. The maximum atomic E-state index is 10.5. The molecular formula is C7H12O4. The number of carbonyl (C=O) groups is 1. The maximum absolute atomic E-state index is 10.5. The van der Waals surface area contributed by atoms with E-state index in [0.29, 0.717) is 0 Å². The molecule has 4 heteroatoms. The minimum Gasteiger partial charge on any atom is -0.481 e. The third kappa shape index (κ3) is 1.12. The summed E-state index contributed by atoms with van der Waals surface area (Å²) >= 11 is 0. The monoisotopic (exact) mass is 160 g/mol. The lowest BCUT2D eigenvalue weighted by Crippen LogP contribution is -2.12. The Kier molecular flexibility index (Phi) is 1.69. The highest BCUT2D eigenvalue weighted by Crippen LogP contribution is 2.59. The SMILES string of the molecule is CC1(C)C(C(O)O)[C@H]1C(=O)O. The first-order valence-corrected chi connectivity index (χ1v) is 3.48. The molecule has 0 saturated heterocycles. The largest absolute Gasteiger partial charge is 0.481 e. The number of hydrogen-bond acceptors (Lipinski definition) is 3. The van der Waals surface area contributed by atoms with Crippen LogP contribution in [0.25, 0.3) is 0 Å². The van der Waals surface area contributed by atoms with Crippen LogP contribution < -0.4 is 0 Å². The van der Waals surface area contributed by atoms with Crippen molar-refractivity contribution in [1.82, 2.24) is 0 Å². The van der Waals surface area contributed by atoms with Crippen LogP contribution in [0, 0.1) is 17.3 Å². The van der Waals surface area contributed by atoms with Crippen molar-refractivity contribution in [2.24, 2.45) is 17.3 Å². The molecule has 2 atom stereocenters. The summed E-state index contributed by atoms with van der Waals surface area (Å²) < 4.78 is 0. The summed E-state index contributed by atoms with van der Waals surface area (Å²) in [6, 6.07) is 0. The van der Waals surface area contributed by atoms with Gasteiger partial charge >= 0.3 is 5.97 Å². The fourth-order valence-corrected chi connectivity index (χ4v) is 1.71. The van der Waals surface area contributed by atoms with Crippen LogP contribution in [0.2, 0.25) is 0 Å². The molecular weight excluding hydrogens is 148 g/mol. The molecule has 11 heavy (non-hydrogen) atoms. The molecule has 0 spiro atoms. The van der Waals surface area contributed by atoms with E-state index in [1.165, 1.54) is 0 Å². The third-order valence-electron chi connectivity index (χ3n) is 2.50. The van der Waals surface area contributed by atoms with Crippen LogP contribution in [-0.2, 0) is 4.79 Å². The highest BCUT2D eigenvalue weighted by molar-refractivity contribution is 5.75. The molecule has 1 aliphatic carbocycles. The third-order valence-corrected chi connectivity index (χ3v) is 2.50. The van der Waals surface area contributed by atoms with Crippen LogP contribution in [-0.4, -0.2) is 27.6 Å². The normalized spacial score (nSPS) is 33.9. The van der Waals surface area contributed by atoms with Gasteiger partial charge in [0.25, 0.3) is 0 Å². The summed E-state index contributed by atoms with van der Waals surface area (Å²) in [6.07, 6.45) is -1.51. The number of aliphatic hydroxyl groups is 2. The van der Waals surface area contributed by atoms with Gasteiger partial charge in [0.05, 0.1) is 5.92 Å². The van der Waals surface area contributed by atoms with Gasteiger partial charge in [0, 0.05) is 5.92 Å². The molecule has 0 aromatic rings. The second-order valence-corrected chi connectivity index (χ2v) is 3.58. The predicted octanol–water partition coefficient (Wildman–Crippen LogP) is -0.346. The van der Waals surface area contributed by atoms with E-state index in [2.05, 4.69) is 0 Å². The lowest BCUT2D eigenvalue weighted by molar-refractivity contribution is -0.141. The highest BCUT2D eigenvalue weighted by atomic mass is 16.5. The maximum Gasteiger partial charge on any atom is 0.307 e. The van der Waals surface area contributed by atoms with Gasteiger partial charge < -0.3 is 15.3 Å². The van der Waals surface area contributed by atoms with Gasteiger partial charge in [-0.3, -0.25) is 4.79 Å². The number of aliphatic carboxylic acids is 1. The van der Waals surface area contributed by atoms with E-state index < -0.39 is 29.5 Å². The van der Waals surface area contributed by atoms with E-state index in [-0.39, 0.29) is 0 Å². The Labute approximate surface area is 64.5 Å². The fraction of sp³-hybridized carbons (Fsp3) is 0.857. The quantitative estimate of drug-likeness (QED) is 0.483. The van der Waals surface area contributed by atoms with Crippen molar-refractivity contribution in [3.05, 3.63) is 0 Å². The molecule has 1 rings (SSSR count). The molecule has 0 aliphatic heterocycles. The minimum absolute atomic E-state index is 0.472. The van der Waals surface area contributed by atoms with Gasteiger partial charge in [-0.05, 0) is 5.41 Å². The first-order chi connectivity index (χ1) is 4.89. The predicted molar refractivity (Wildman–Crippen MR) is 36.6 cm³/mol. The van der Waals surface area contributed by atoms with E-state index in [1.54, 1.807) is 13.8 Å². The van der Waals surface area contributed by atoms with Gasteiger partial charge in [0.15, 0.2) is 6.29 Å². The number of carboxylic acid groups (broad SMARTS) is 1. The molecule has 0 amide bonds. The average molecular weight is 160 g/mol. The Morgan fingerprint density at radius 1 is 1.45 bits per heavy atom.